The van der Waals surface area contributed by atoms with Gasteiger partial charge in [-0.25, -0.2) is 0 Å². The lowest BCUT2D eigenvalue weighted by atomic mass is 9.86. The second-order valence-corrected chi connectivity index (χ2v) is 6.40. The zero-order chi connectivity index (χ0) is 19.7. The van der Waals surface area contributed by atoms with Gasteiger partial charge >= 0.3 is 6.18 Å². The van der Waals surface area contributed by atoms with Crippen LogP contribution in [-0.4, -0.2) is 57.5 Å². The van der Waals surface area contributed by atoms with Gasteiger partial charge in [-0.3, -0.25) is 14.3 Å². The molecule has 1 aliphatic rings. The smallest absolute Gasteiger partial charge is 0.361 e. The molecule has 8 nitrogen and oxygen atoms in total. The first-order chi connectivity index (χ1) is 12.7. The molecule has 0 spiro atoms. The molecule has 1 fully saturated rings. The van der Waals surface area contributed by atoms with Gasteiger partial charge < -0.3 is 14.7 Å². The highest BCUT2D eigenvalue weighted by Gasteiger charge is 2.45. The largest absolute Gasteiger partial charge is 0.405 e. The van der Waals surface area contributed by atoms with Crippen LogP contribution in [0.4, 0.5) is 13.2 Å². The summed E-state index contributed by atoms with van der Waals surface area (Å²) in [4.78, 5) is 26.6. The van der Waals surface area contributed by atoms with E-state index < -0.39 is 24.2 Å². The molecule has 0 unspecified atom stereocenters. The van der Waals surface area contributed by atoms with Gasteiger partial charge in [0.15, 0.2) is 5.69 Å². The fourth-order valence-electron chi connectivity index (χ4n) is 3.14. The highest BCUT2D eigenvalue weighted by Crippen LogP contribution is 2.31. The maximum Gasteiger partial charge on any atom is 0.405 e. The third-order valence-corrected chi connectivity index (χ3v) is 4.54. The highest BCUT2D eigenvalue weighted by molar-refractivity contribution is 5.92. The number of aryl methyl sites for hydroxylation is 1. The van der Waals surface area contributed by atoms with Crippen LogP contribution in [0.3, 0.4) is 0 Å². The van der Waals surface area contributed by atoms with Crippen LogP contribution >= 0.6 is 0 Å². The first kappa shape index (κ1) is 18.9. The molecule has 1 N–H and O–H groups in total. The number of nitrogens with one attached hydrogen (secondary N) is 1. The molecule has 0 aromatic carbocycles. The number of carbonyl (C=O) groups excluding carboxylic acids is 2. The van der Waals surface area contributed by atoms with E-state index in [0.717, 1.165) is 0 Å². The van der Waals surface area contributed by atoms with E-state index in [-0.39, 0.29) is 37.5 Å². The van der Waals surface area contributed by atoms with E-state index in [4.69, 9.17) is 4.52 Å². The normalized spacial score (nSPS) is 17.0. The number of carbonyl (C=O) groups is 2. The lowest BCUT2D eigenvalue weighted by Crippen LogP contribution is -2.57. The Hall–Kier alpha value is -2.85. The van der Waals surface area contributed by atoms with Gasteiger partial charge in [0.05, 0.1) is 0 Å². The van der Waals surface area contributed by atoms with Crippen molar-refractivity contribution in [3.8, 4) is 0 Å². The zero-order valence-corrected chi connectivity index (χ0v) is 14.5. The minimum absolute atomic E-state index is 0.126. The third kappa shape index (κ3) is 3.96. The van der Waals surface area contributed by atoms with E-state index in [9.17, 15) is 22.8 Å². The Morgan fingerprint density at radius 1 is 1.33 bits per heavy atom. The average molecular weight is 385 g/mol. The monoisotopic (exact) mass is 385 g/mol. The zero-order valence-electron chi connectivity index (χ0n) is 14.5. The van der Waals surface area contributed by atoms with E-state index in [1.54, 1.807) is 13.0 Å². The molecule has 2 aromatic heterocycles. The average Bonchev–Trinajstić information content (AvgIpc) is 3.30. The molecule has 0 bridgehead atoms. The Balaban J connectivity index is 1.75. The van der Waals surface area contributed by atoms with E-state index >= 15 is 0 Å². The van der Waals surface area contributed by atoms with Crippen LogP contribution in [0.15, 0.2) is 29.0 Å². The minimum atomic E-state index is -4.51. The van der Waals surface area contributed by atoms with Gasteiger partial charge in [0, 0.05) is 31.5 Å². The number of alkyl halides is 3. The molecular formula is C16H18F3N5O3. The minimum Gasteiger partial charge on any atom is -0.361 e. The summed E-state index contributed by atoms with van der Waals surface area (Å²) < 4.78 is 43.8. The van der Waals surface area contributed by atoms with Crippen molar-refractivity contribution in [1.29, 1.82) is 0 Å². The lowest BCUT2D eigenvalue weighted by Gasteiger charge is -2.40. The van der Waals surface area contributed by atoms with Gasteiger partial charge in [-0.1, -0.05) is 5.16 Å². The van der Waals surface area contributed by atoms with Gasteiger partial charge in [0.2, 0.25) is 5.91 Å². The van der Waals surface area contributed by atoms with E-state index in [0.29, 0.717) is 5.76 Å². The van der Waals surface area contributed by atoms with Crippen molar-refractivity contribution in [1.82, 2.24) is 25.2 Å². The summed E-state index contributed by atoms with van der Waals surface area (Å²) in [6.45, 7) is 0.581. The molecule has 0 atom stereocenters. The van der Waals surface area contributed by atoms with Crippen LogP contribution in [0.25, 0.3) is 0 Å². The number of hydrogen-bond donors (Lipinski definition) is 1. The summed E-state index contributed by atoms with van der Waals surface area (Å²) in [5.41, 5.74) is -1.13. The topological polar surface area (TPSA) is 93.3 Å². The maximum atomic E-state index is 12.6. The molecule has 2 amide bonds. The van der Waals surface area contributed by atoms with Gasteiger partial charge in [0.25, 0.3) is 5.91 Å². The van der Waals surface area contributed by atoms with Crippen molar-refractivity contribution in [3.63, 3.8) is 0 Å². The molecule has 3 rings (SSSR count). The Labute approximate surface area is 152 Å². The summed E-state index contributed by atoms with van der Waals surface area (Å²) in [6, 6.07) is 3.10. The molecule has 2 aromatic rings. The van der Waals surface area contributed by atoms with Crippen molar-refractivity contribution in [2.75, 3.05) is 19.6 Å². The Kier molecular flexibility index (Phi) is 4.94. The molecule has 0 saturated carbocycles. The number of likely N-dealkylation sites (tertiary alicyclic amines) is 1. The van der Waals surface area contributed by atoms with Crippen LogP contribution < -0.4 is 5.32 Å². The maximum absolute atomic E-state index is 12.6. The first-order valence-electron chi connectivity index (χ1n) is 8.29. The number of piperidine rings is 1. The molecule has 11 heteroatoms. The molecule has 0 radical (unpaired) electrons. The Morgan fingerprint density at radius 3 is 2.56 bits per heavy atom. The SMILES string of the molecule is Cc1cc(C(=O)N2CCC(C(=O)NCC(F)(F)F)(n3cccn3)CC2)no1. The predicted octanol–water partition coefficient (Wildman–Crippen LogP) is 1.49. The van der Waals surface area contributed by atoms with Gasteiger partial charge in [-0.15, -0.1) is 0 Å². The second-order valence-electron chi connectivity index (χ2n) is 6.40. The molecule has 1 aliphatic heterocycles. The van der Waals surface area contributed by atoms with Crippen molar-refractivity contribution in [2.24, 2.45) is 0 Å². The van der Waals surface area contributed by atoms with Crippen molar-refractivity contribution in [3.05, 3.63) is 36.0 Å². The molecule has 0 aliphatic carbocycles. The van der Waals surface area contributed by atoms with Crippen LogP contribution in [0.1, 0.15) is 29.1 Å². The van der Waals surface area contributed by atoms with Crippen LogP contribution in [0.2, 0.25) is 0 Å². The van der Waals surface area contributed by atoms with E-state index in [1.165, 1.54) is 28.0 Å². The van der Waals surface area contributed by atoms with E-state index in [2.05, 4.69) is 10.3 Å². The predicted molar refractivity (Wildman–Crippen MR) is 85.6 cm³/mol. The summed E-state index contributed by atoms with van der Waals surface area (Å²) in [5, 5.41) is 9.68. The van der Waals surface area contributed by atoms with E-state index in [1.807, 2.05) is 5.32 Å². The summed E-state index contributed by atoms with van der Waals surface area (Å²) in [5.74, 6) is -0.628. The number of amides is 2. The fourth-order valence-corrected chi connectivity index (χ4v) is 3.14. The summed E-state index contributed by atoms with van der Waals surface area (Å²) >= 11 is 0. The fraction of sp³-hybridized carbons (Fsp3) is 0.500. The number of halogens is 3. The number of hydrogen-bond acceptors (Lipinski definition) is 5. The van der Waals surface area contributed by atoms with Crippen LogP contribution in [0.5, 0.6) is 0 Å². The first-order valence-corrected chi connectivity index (χ1v) is 8.29. The van der Waals surface area contributed by atoms with Crippen LogP contribution in [0, 0.1) is 6.92 Å². The third-order valence-electron chi connectivity index (χ3n) is 4.54. The van der Waals surface area contributed by atoms with Crippen molar-refractivity contribution < 1.29 is 27.3 Å². The van der Waals surface area contributed by atoms with Crippen molar-refractivity contribution >= 4 is 11.8 Å². The van der Waals surface area contributed by atoms with Gasteiger partial charge in [0.1, 0.15) is 17.8 Å². The number of nitrogens with zero attached hydrogens (tertiary/aromatic N) is 4. The number of rotatable bonds is 4. The quantitative estimate of drug-likeness (QED) is 0.861. The highest BCUT2D eigenvalue weighted by atomic mass is 19.4. The molecule has 27 heavy (non-hydrogen) atoms. The molecule has 1 saturated heterocycles. The summed E-state index contributed by atoms with van der Waals surface area (Å²) in [7, 11) is 0. The summed E-state index contributed by atoms with van der Waals surface area (Å²) in [6.07, 6.45) is -1.27. The van der Waals surface area contributed by atoms with Crippen molar-refractivity contribution in [2.45, 2.75) is 31.5 Å². The molecule has 3 heterocycles. The standard InChI is InChI=1S/C16H18F3N5O3/c1-11-9-12(22-27-11)13(25)23-7-3-15(4-8-23,24-6-2-5-21-24)14(26)20-10-16(17,18)19/h2,5-6,9H,3-4,7-8,10H2,1H3,(H,20,26). The van der Waals surface area contributed by atoms with Gasteiger partial charge in [-0.05, 0) is 25.8 Å². The van der Waals surface area contributed by atoms with Gasteiger partial charge in [-0.2, -0.15) is 18.3 Å². The second kappa shape index (κ2) is 7.05. The van der Waals surface area contributed by atoms with Crippen LogP contribution in [-0.2, 0) is 10.3 Å². The number of aromatic nitrogens is 3. The Morgan fingerprint density at radius 2 is 2.04 bits per heavy atom. The molecular weight excluding hydrogens is 367 g/mol. The Bertz CT molecular complexity index is 808. The lowest BCUT2D eigenvalue weighted by molar-refractivity contribution is -0.146. The molecule has 146 valence electrons.